The molecule has 1 rings (SSSR count). The summed E-state index contributed by atoms with van der Waals surface area (Å²) in [6.45, 7) is 7.52. The van der Waals surface area contributed by atoms with E-state index >= 15 is 0 Å². The van der Waals surface area contributed by atoms with Gasteiger partial charge in [-0.2, -0.15) is 0 Å². The number of benzene rings is 1. The third kappa shape index (κ3) is 2.88. The van der Waals surface area contributed by atoms with Gasteiger partial charge in [0.15, 0.2) is 0 Å². The first-order valence-corrected chi connectivity index (χ1v) is 6.32. The third-order valence-electron chi connectivity index (χ3n) is 3.89. The number of aliphatic hydroxyl groups is 2. The first-order chi connectivity index (χ1) is 7.83. The van der Waals surface area contributed by atoms with Crippen molar-refractivity contribution in [2.24, 2.45) is 5.92 Å². The summed E-state index contributed by atoms with van der Waals surface area (Å²) in [4.78, 5) is 0. The fraction of sp³-hybridized carbons (Fsp3) is 0.600. The molecule has 2 N–H and O–H groups in total. The molecule has 0 aliphatic carbocycles. The van der Waals surface area contributed by atoms with Crippen LogP contribution in [0.2, 0.25) is 0 Å². The molecule has 2 atom stereocenters. The smallest absolute Gasteiger partial charge is 0.0993 e. The van der Waals surface area contributed by atoms with Gasteiger partial charge in [-0.25, -0.2) is 0 Å². The van der Waals surface area contributed by atoms with Crippen molar-refractivity contribution in [3.05, 3.63) is 35.9 Å². The fourth-order valence-electron chi connectivity index (χ4n) is 2.23. The maximum atomic E-state index is 10.8. The van der Waals surface area contributed by atoms with E-state index in [9.17, 15) is 10.2 Å². The molecule has 0 amide bonds. The van der Waals surface area contributed by atoms with Crippen molar-refractivity contribution >= 4 is 0 Å². The zero-order valence-corrected chi connectivity index (χ0v) is 11.3. The van der Waals surface area contributed by atoms with Gasteiger partial charge >= 0.3 is 0 Å². The molecule has 0 saturated heterocycles. The molecule has 0 spiro atoms. The summed E-state index contributed by atoms with van der Waals surface area (Å²) in [7, 11) is 0. The normalized spacial score (nSPS) is 18.8. The molecule has 2 unspecified atom stereocenters. The Morgan fingerprint density at radius 1 is 1.12 bits per heavy atom. The van der Waals surface area contributed by atoms with E-state index < -0.39 is 11.2 Å². The largest absolute Gasteiger partial charge is 0.387 e. The standard InChI is InChI=1S/C15H24O2/c1-5-14(4,16)15(17,12(2)3)11-13-9-7-6-8-10-13/h6-10,12,16-17H,5,11H2,1-4H3. The Morgan fingerprint density at radius 2 is 1.65 bits per heavy atom. The van der Waals surface area contributed by atoms with Gasteiger partial charge in [0.25, 0.3) is 0 Å². The molecular formula is C15H24O2. The molecule has 0 aromatic heterocycles. The summed E-state index contributed by atoms with van der Waals surface area (Å²) in [6, 6.07) is 9.83. The minimum absolute atomic E-state index is 0.00217. The molecular weight excluding hydrogens is 212 g/mol. The highest BCUT2D eigenvalue weighted by atomic mass is 16.4. The van der Waals surface area contributed by atoms with Crippen molar-refractivity contribution in [2.75, 3.05) is 0 Å². The van der Waals surface area contributed by atoms with Gasteiger partial charge in [-0.1, -0.05) is 51.1 Å². The van der Waals surface area contributed by atoms with E-state index in [0.29, 0.717) is 12.8 Å². The molecule has 96 valence electrons. The third-order valence-corrected chi connectivity index (χ3v) is 3.89. The average molecular weight is 236 g/mol. The molecule has 2 heteroatoms. The maximum absolute atomic E-state index is 10.8. The van der Waals surface area contributed by atoms with Crippen LogP contribution >= 0.6 is 0 Å². The van der Waals surface area contributed by atoms with Crippen LogP contribution < -0.4 is 0 Å². The second-order valence-electron chi connectivity index (χ2n) is 5.37. The maximum Gasteiger partial charge on any atom is 0.0993 e. The quantitative estimate of drug-likeness (QED) is 0.825. The lowest BCUT2D eigenvalue weighted by Crippen LogP contribution is -2.57. The van der Waals surface area contributed by atoms with Gasteiger partial charge < -0.3 is 10.2 Å². The van der Waals surface area contributed by atoms with E-state index in [0.717, 1.165) is 5.56 Å². The van der Waals surface area contributed by atoms with Crippen molar-refractivity contribution < 1.29 is 10.2 Å². The van der Waals surface area contributed by atoms with Crippen LogP contribution in [0.4, 0.5) is 0 Å². The predicted molar refractivity (Wildman–Crippen MR) is 70.8 cm³/mol. The zero-order valence-electron chi connectivity index (χ0n) is 11.3. The number of hydrogen-bond donors (Lipinski definition) is 2. The first kappa shape index (κ1) is 14.2. The Balaban J connectivity index is 3.02. The SMILES string of the molecule is CCC(C)(O)C(O)(Cc1ccccc1)C(C)C. The summed E-state index contributed by atoms with van der Waals surface area (Å²) in [6.07, 6.45) is 1.01. The predicted octanol–water partition coefficient (Wildman–Crippen LogP) is 2.78. The van der Waals surface area contributed by atoms with Crippen LogP contribution in [-0.2, 0) is 6.42 Å². The highest BCUT2D eigenvalue weighted by molar-refractivity contribution is 5.19. The van der Waals surface area contributed by atoms with Crippen molar-refractivity contribution in [3.8, 4) is 0 Å². The van der Waals surface area contributed by atoms with Gasteiger partial charge in [-0.05, 0) is 24.8 Å². The highest BCUT2D eigenvalue weighted by Gasteiger charge is 2.46. The Labute approximate surface area is 104 Å². The Bertz CT molecular complexity index is 343. The van der Waals surface area contributed by atoms with E-state index in [1.165, 1.54) is 0 Å². The van der Waals surface area contributed by atoms with Crippen molar-refractivity contribution in [3.63, 3.8) is 0 Å². The number of rotatable bonds is 5. The molecule has 1 aromatic carbocycles. The molecule has 17 heavy (non-hydrogen) atoms. The zero-order chi connectivity index (χ0) is 13.1. The monoisotopic (exact) mass is 236 g/mol. The van der Waals surface area contributed by atoms with Crippen LogP contribution in [0.3, 0.4) is 0 Å². The molecule has 0 bridgehead atoms. The van der Waals surface area contributed by atoms with E-state index in [-0.39, 0.29) is 5.92 Å². The van der Waals surface area contributed by atoms with Crippen LogP contribution in [0.25, 0.3) is 0 Å². The van der Waals surface area contributed by atoms with Crippen LogP contribution in [0.1, 0.15) is 39.7 Å². The van der Waals surface area contributed by atoms with E-state index in [1.807, 2.05) is 51.1 Å². The topological polar surface area (TPSA) is 40.5 Å². The van der Waals surface area contributed by atoms with Gasteiger partial charge in [-0.3, -0.25) is 0 Å². The molecule has 1 aromatic rings. The van der Waals surface area contributed by atoms with Gasteiger partial charge in [0.1, 0.15) is 0 Å². The van der Waals surface area contributed by atoms with E-state index in [1.54, 1.807) is 6.92 Å². The van der Waals surface area contributed by atoms with E-state index in [4.69, 9.17) is 0 Å². The van der Waals surface area contributed by atoms with Gasteiger partial charge in [0.2, 0.25) is 0 Å². The summed E-state index contributed by atoms with van der Waals surface area (Å²) in [5, 5.41) is 21.2. The molecule has 0 aliphatic rings. The summed E-state index contributed by atoms with van der Waals surface area (Å²) >= 11 is 0. The minimum Gasteiger partial charge on any atom is -0.387 e. The summed E-state index contributed by atoms with van der Waals surface area (Å²) in [5.74, 6) is -0.00217. The van der Waals surface area contributed by atoms with Crippen molar-refractivity contribution in [1.82, 2.24) is 0 Å². The van der Waals surface area contributed by atoms with Gasteiger partial charge in [-0.15, -0.1) is 0 Å². The summed E-state index contributed by atoms with van der Waals surface area (Å²) in [5.41, 5.74) is -1.11. The Hall–Kier alpha value is -0.860. The minimum atomic E-state index is -1.09. The van der Waals surface area contributed by atoms with Crippen LogP contribution in [0.5, 0.6) is 0 Å². The fourth-order valence-corrected chi connectivity index (χ4v) is 2.23. The summed E-state index contributed by atoms with van der Waals surface area (Å²) < 4.78 is 0. The average Bonchev–Trinajstić information content (AvgIpc) is 2.29. The van der Waals surface area contributed by atoms with Gasteiger partial charge in [0.05, 0.1) is 11.2 Å². The molecule has 0 heterocycles. The molecule has 0 aliphatic heterocycles. The lowest BCUT2D eigenvalue weighted by Gasteiger charge is -2.44. The molecule has 2 nitrogen and oxygen atoms in total. The lowest BCUT2D eigenvalue weighted by atomic mass is 9.71. The lowest BCUT2D eigenvalue weighted by molar-refractivity contribution is -0.167. The van der Waals surface area contributed by atoms with Crippen molar-refractivity contribution in [2.45, 2.75) is 51.7 Å². The number of hydrogen-bond acceptors (Lipinski definition) is 2. The Morgan fingerprint density at radius 3 is 2.06 bits per heavy atom. The van der Waals surface area contributed by atoms with E-state index in [2.05, 4.69) is 0 Å². The van der Waals surface area contributed by atoms with Crippen LogP contribution in [0.15, 0.2) is 30.3 Å². The second-order valence-corrected chi connectivity index (χ2v) is 5.37. The molecule has 0 radical (unpaired) electrons. The molecule has 0 fully saturated rings. The second kappa shape index (κ2) is 5.19. The highest BCUT2D eigenvalue weighted by Crippen LogP contribution is 2.35. The van der Waals surface area contributed by atoms with Crippen molar-refractivity contribution in [1.29, 1.82) is 0 Å². The van der Waals surface area contributed by atoms with Gasteiger partial charge in [0, 0.05) is 6.42 Å². The van der Waals surface area contributed by atoms with Crippen LogP contribution in [-0.4, -0.2) is 21.4 Å². The molecule has 0 saturated carbocycles. The van der Waals surface area contributed by atoms with Crippen LogP contribution in [0, 0.1) is 5.92 Å². The first-order valence-electron chi connectivity index (χ1n) is 6.32. The Kier molecular flexibility index (Phi) is 4.34.